The fourth-order valence-corrected chi connectivity index (χ4v) is 3.42. The van der Waals surface area contributed by atoms with Gasteiger partial charge in [-0.3, -0.25) is 4.79 Å². The third-order valence-electron chi connectivity index (χ3n) is 4.81. The average Bonchev–Trinajstić information content (AvgIpc) is 2.71. The Bertz CT molecular complexity index is 917. The summed E-state index contributed by atoms with van der Waals surface area (Å²) in [7, 11) is 1.66. The molecule has 2 N–H and O–H groups in total. The normalized spacial score (nSPS) is 11.7. The first kappa shape index (κ1) is 20.6. The fourth-order valence-electron chi connectivity index (χ4n) is 3.42. The van der Waals surface area contributed by atoms with E-state index in [9.17, 15) is 4.79 Å². The molecule has 3 aromatic rings. The van der Waals surface area contributed by atoms with Crippen molar-refractivity contribution in [2.45, 2.75) is 26.3 Å². The number of rotatable bonds is 8. The van der Waals surface area contributed by atoms with Gasteiger partial charge in [0.15, 0.2) is 0 Å². The number of anilines is 1. The molecule has 0 aliphatic carbocycles. The number of ether oxygens (including phenoxy) is 1. The van der Waals surface area contributed by atoms with Gasteiger partial charge >= 0.3 is 0 Å². The molecule has 0 bridgehead atoms. The topological polar surface area (TPSA) is 50.4 Å². The molecule has 0 saturated carbocycles. The minimum Gasteiger partial charge on any atom is -0.497 e. The second-order valence-corrected chi connectivity index (χ2v) is 7.26. The van der Waals surface area contributed by atoms with Crippen molar-refractivity contribution in [2.24, 2.45) is 0 Å². The largest absolute Gasteiger partial charge is 0.497 e. The summed E-state index contributed by atoms with van der Waals surface area (Å²) < 4.78 is 5.21. The molecule has 29 heavy (non-hydrogen) atoms. The quantitative estimate of drug-likeness (QED) is 0.581. The third-order valence-corrected chi connectivity index (χ3v) is 4.81. The highest BCUT2D eigenvalue weighted by Gasteiger charge is 2.20. The maximum absolute atomic E-state index is 13.1. The first-order valence-corrected chi connectivity index (χ1v) is 9.85. The van der Waals surface area contributed by atoms with Gasteiger partial charge in [-0.05, 0) is 66.8 Å². The smallest absolute Gasteiger partial charge is 0.246 e. The van der Waals surface area contributed by atoms with Gasteiger partial charge in [0.2, 0.25) is 5.91 Å². The van der Waals surface area contributed by atoms with E-state index >= 15 is 0 Å². The van der Waals surface area contributed by atoms with E-state index < -0.39 is 6.04 Å². The molecule has 4 heteroatoms. The summed E-state index contributed by atoms with van der Waals surface area (Å²) in [5.74, 6) is 0.785. The average molecular weight is 389 g/mol. The van der Waals surface area contributed by atoms with Gasteiger partial charge in [-0.25, -0.2) is 0 Å². The van der Waals surface area contributed by atoms with Crippen molar-refractivity contribution >= 4 is 11.6 Å². The van der Waals surface area contributed by atoms with Gasteiger partial charge in [-0.15, -0.1) is 0 Å². The van der Waals surface area contributed by atoms with E-state index in [1.807, 2.05) is 80.6 Å². The summed E-state index contributed by atoms with van der Waals surface area (Å²) >= 11 is 0. The van der Waals surface area contributed by atoms with Crippen LogP contribution < -0.4 is 15.4 Å². The number of hydrogen-bond acceptors (Lipinski definition) is 3. The SMILES string of the molecule is COc1ccc(CCN[C@H](C(=O)Nc2cc(C)cc(C)c2)c2ccccc2)cc1. The summed E-state index contributed by atoms with van der Waals surface area (Å²) in [6, 6.07) is 23.5. The Balaban J connectivity index is 1.69. The van der Waals surface area contributed by atoms with Crippen molar-refractivity contribution in [3.63, 3.8) is 0 Å². The monoisotopic (exact) mass is 388 g/mol. The lowest BCUT2D eigenvalue weighted by Crippen LogP contribution is -2.34. The molecule has 3 rings (SSSR count). The molecule has 0 unspecified atom stereocenters. The van der Waals surface area contributed by atoms with Crippen molar-refractivity contribution in [1.29, 1.82) is 0 Å². The summed E-state index contributed by atoms with van der Waals surface area (Å²) in [6.07, 6.45) is 0.824. The van der Waals surface area contributed by atoms with Crippen molar-refractivity contribution in [1.82, 2.24) is 5.32 Å². The first-order valence-electron chi connectivity index (χ1n) is 9.85. The lowest BCUT2D eigenvalue weighted by molar-refractivity contribution is -0.118. The number of aryl methyl sites for hydroxylation is 2. The third kappa shape index (κ3) is 5.93. The van der Waals surface area contributed by atoms with Gasteiger partial charge in [0.25, 0.3) is 0 Å². The zero-order valence-corrected chi connectivity index (χ0v) is 17.2. The van der Waals surface area contributed by atoms with E-state index in [1.54, 1.807) is 7.11 Å². The standard InChI is InChI=1S/C25H28N2O2/c1-18-15-19(2)17-22(16-18)27-25(28)24(21-7-5-4-6-8-21)26-14-13-20-9-11-23(29-3)12-10-20/h4-12,15-17,24,26H,13-14H2,1-3H3,(H,27,28)/t24-/m0/s1. The van der Waals surface area contributed by atoms with E-state index in [1.165, 1.54) is 5.56 Å². The van der Waals surface area contributed by atoms with E-state index in [2.05, 4.69) is 16.7 Å². The molecule has 1 amide bonds. The molecule has 0 saturated heterocycles. The summed E-state index contributed by atoms with van der Waals surface area (Å²) in [4.78, 5) is 13.1. The van der Waals surface area contributed by atoms with Crippen molar-refractivity contribution in [3.8, 4) is 5.75 Å². The van der Waals surface area contributed by atoms with Crippen LogP contribution in [0.5, 0.6) is 5.75 Å². The first-order chi connectivity index (χ1) is 14.0. The van der Waals surface area contributed by atoms with Crippen LogP contribution >= 0.6 is 0 Å². The number of carbonyl (C=O) groups excluding carboxylic acids is 1. The van der Waals surface area contributed by atoms with Crippen LogP contribution in [0, 0.1) is 13.8 Å². The molecule has 0 spiro atoms. The van der Waals surface area contributed by atoms with Gasteiger partial charge in [0.1, 0.15) is 11.8 Å². The summed E-state index contributed by atoms with van der Waals surface area (Å²) in [5, 5.41) is 6.49. The Morgan fingerprint density at radius 3 is 2.21 bits per heavy atom. The molecule has 0 aromatic heterocycles. The molecule has 1 atom stereocenters. The van der Waals surface area contributed by atoms with Gasteiger partial charge in [0, 0.05) is 12.2 Å². The number of carbonyl (C=O) groups is 1. The molecule has 0 radical (unpaired) electrons. The van der Waals surface area contributed by atoms with Gasteiger partial charge in [-0.1, -0.05) is 48.5 Å². The lowest BCUT2D eigenvalue weighted by Gasteiger charge is -2.19. The molecule has 150 valence electrons. The highest BCUT2D eigenvalue weighted by atomic mass is 16.5. The molecule has 0 fully saturated rings. The Morgan fingerprint density at radius 1 is 0.931 bits per heavy atom. The van der Waals surface area contributed by atoms with Crippen LogP contribution in [0.15, 0.2) is 72.8 Å². The summed E-state index contributed by atoms with van der Waals surface area (Å²) in [5.41, 5.74) is 5.22. The predicted molar refractivity (Wildman–Crippen MR) is 118 cm³/mol. The number of nitrogens with one attached hydrogen (secondary N) is 2. The maximum atomic E-state index is 13.1. The van der Waals surface area contributed by atoms with E-state index in [0.29, 0.717) is 6.54 Å². The maximum Gasteiger partial charge on any atom is 0.246 e. The number of methoxy groups -OCH3 is 1. The van der Waals surface area contributed by atoms with Crippen LogP contribution in [0.2, 0.25) is 0 Å². The summed E-state index contributed by atoms with van der Waals surface area (Å²) in [6.45, 7) is 4.75. The van der Waals surface area contributed by atoms with Crippen LogP contribution in [0.4, 0.5) is 5.69 Å². The molecule has 0 heterocycles. The van der Waals surface area contributed by atoms with E-state index in [0.717, 1.165) is 34.5 Å². The minimum absolute atomic E-state index is 0.0593. The van der Waals surface area contributed by atoms with E-state index in [4.69, 9.17) is 4.74 Å². The molecular weight excluding hydrogens is 360 g/mol. The lowest BCUT2D eigenvalue weighted by atomic mass is 10.0. The molecule has 0 aliphatic rings. The Hall–Kier alpha value is -3.11. The van der Waals surface area contributed by atoms with Crippen molar-refractivity contribution < 1.29 is 9.53 Å². The molecule has 4 nitrogen and oxygen atoms in total. The van der Waals surface area contributed by atoms with Gasteiger partial charge in [-0.2, -0.15) is 0 Å². The highest BCUT2D eigenvalue weighted by Crippen LogP contribution is 2.19. The Labute approximate surface area is 172 Å². The van der Waals surface area contributed by atoms with Crippen LogP contribution in [0.25, 0.3) is 0 Å². The van der Waals surface area contributed by atoms with Crippen molar-refractivity contribution in [2.75, 3.05) is 19.0 Å². The fraction of sp³-hybridized carbons (Fsp3) is 0.240. The van der Waals surface area contributed by atoms with Crippen molar-refractivity contribution in [3.05, 3.63) is 95.1 Å². The predicted octanol–water partition coefficient (Wildman–Crippen LogP) is 4.82. The number of amides is 1. The minimum atomic E-state index is -0.421. The van der Waals surface area contributed by atoms with Crippen LogP contribution in [-0.4, -0.2) is 19.6 Å². The Kier molecular flexibility index (Phi) is 7.04. The molecule has 0 aliphatic heterocycles. The number of hydrogen-bond donors (Lipinski definition) is 2. The van der Waals surface area contributed by atoms with Gasteiger partial charge < -0.3 is 15.4 Å². The molecular formula is C25H28N2O2. The Morgan fingerprint density at radius 2 is 1.59 bits per heavy atom. The van der Waals surface area contributed by atoms with E-state index in [-0.39, 0.29) is 5.91 Å². The number of benzene rings is 3. The highest BCUT2D eigenvalue weighted by molar-refractivity contribution is 5.95. The molecule has 3 aromatic carbocycles. The second-order valence-electron chi connectivity index (χ2n) is 7.26. The zero-order chi connectivity index (χ0) is 20.6. The second kappa shape index (κ2) is 9.89. The van der Waals surface area contributed by atoms with Crippen LogP contribution in [0.3, 0.4) is 0 Å². The van der Waals surface area contributed by atoms with Gasteiger partial charge in [0.05, 0.1) is 7.11 Å². The zero-order valence-electron chi connectivity index (χ0n) is 17.2. The van der Waals surface area contributed by atoms with Crippen LogP contribution in [-0.2, 0) is 11.2 Å². The van der Waals surface area contributed by atoms with Crippen LogP contribution in [0.1, 0.15) is 28.3 Å².